The van der Waals surface area contributed by atoms with Crippen LogP contribution in [0.2, 0.25) is 5.02 Å². The van der Waals surface area contributed by atoms with Crippen molar-refractivity contribution in [1.29, 1.82) is 0 Å². The molecule has 0 unspecified atom stereocenters. The molecule has 2 fully saturated rings. The van der Waals surface area contributed by atoms with Crippen LogP contribution in [0.4, 0.5) is 0 Å². The minimum Gasteiger partial charge on any atom is -0.371 e. The first-order valence-electron chi connectivity index (χ1n) is 12.6. The van der Waals surface area contributed by atoms with Gasteiger partial charge in [-0.05, 0) is 48.6 Å². The molecule has 1 amide bonds. The lowest BCUT2D eigenvalue weighted by Crippen LogP contribution is -2.58. The summed E-state index contributed by atoms with van der Waals surface area (Å²) in [7, 11) is 0. The number of thiazole rings is 1. The zero-order valence-corrected chi connectivity index (χ0v) is 22.3. The maximum Gasteiger partial charge on any atom is 0.273 e. The Balaban J connectivity index is 1.08. The summed E-state index contributed by atoms with van der Waals surface area (Å²) < 4.78 is 6.27. The number of ether oxygens (including phenoxy) is 1. The summed E-state index contributed by atoms with van der Waals surface area (Å²) in [5, 5.41) is 7.05. The maximum absolute atomic E-state index is 12.9. The van der Waals surface area contributed by atoms with Crippen molar-refractivity contribution in [3.8, 4) is 0 Å². The van der Waals surface area contributed by atoms with Gasteiger partial charge in [0, 0.05) is 49.7 Å². The molecular formula is C28H33ClN4O2S. The Morgan fingerprint density at radius 1 is 1.08 bits per heavy atom. The Morgan fingerprint density at radius 3 is 2.56 bits per heavy atom. The monoisotopic (exact) mass is 524 g/mol. The molecule has 0 aliphatic carbocycles. The van der Waals surface area contributed by atoms with Gasteiger partial charge in [-0.2, -0.15) is 0 Å². The van der Waals surface area contributed by atoms with Crippen LogP contribution in [0.5, 0.6) is 0 Å². The summed E-state index contributed by atoms with van der Waals surface area (Å²) >= 11 is 7.59. The summed E-state index contributed by atoms with van der Waals surface area (Å²) in [6, 6.07) is 16.8. The molecule has 0 radical (unpaired) electrons. The average molecular weight is 525 g/mol. The molecule has 8 heteroatoms. The number of nitrogens with zero attached hydrogens (tertiary/aromatic N) is 3. The van der Waals surface area contributed by atoms with Crippen LogP contribution in [-0.2, 0) is 24.4 Å². The number of piperidine rings is 1. The summed E-state index contributed by atoms with van der Waals surface area (Å²) in [5.41, 5.74) is 4.12. The maximum atomic E-state index is 12.9. The number of aryl methyl sites for hydroxylation is 1. The van der Waals surface area contributed by atoms with Gasteiger partial charge >= 0.3 is 0 Å². The van der Waals surface area contributed by atoms with E-state index in [4.69, 9.17) is 16.3 Å². The van der Waals surface area contributed by atoms with E-state index < -0.39 is 0 Å². The van der Waals surface area contributed by atoms with Gasteiger partial charge < -0.3 is 15.0 Å². The van der Waals surface area contributed by atoms with E-state index in [1.54, 1.807) is 0 Å². The van der Waals surface area contributed by atoms with Crippen LogP contribution < -0.4 is 5.32 Å². The molecule has 2 aliphatic heterocycles. The largest absolute Gasteiger partial charge is 0.371 e. The van der Waals surface area contributed by atoms with Gasteiger partial charge in [-0.25, -0.2) is 4.98 Å². The highest BCUT2D eigenvalue weighted by Gasteiger charge is 2.41. The van der Waals surface area contributed by atoms with Gasteiger partial charge in [0.05, 0.1) is 23.8 Å². The average Bonchev–Trinajstić information content (AvgIpc) is 3.32. The molecule has 0 bridgehead atoms. The number of carbonyl (C=O) groups is 1. The van der Waals surface area contributed by atoms with Crippen LogP contribution in [0.3, 0.4) is 0 Å². The number of amides is 1. The normalized spacial score (nSPS) is 18.0. The molecule has 6 nitrogen and oxygen atoms in total. The molecule has 1 spiro atoms. The van der Waals surface area contributed by atoms with E-state index in [0.29, 0.717) is 25.4 Å². The van der Waals surface area contributed by atoms with Gasteiger partial charge in [0.25, 0.3) is 5.91 Å². The van der Waals surface area contributed by atoms with E-state index in [1.807, 2.05) is 35.4 Å². The molecule has 0 saturated carbocycles. The molecule has 5 rings (SSSR count). The summed E-state index contributed by atoms with van der Waals surface area (Å²) in [6.07, 6.45) is 1.89. The van der Waals surface area contributed by atoms with E-state index in [2.05, 4.69) is 45.5 Å². The van der Waals surface area contributed by atoms with Gasteiger partial charge in [-0.3, -0.25) is 9.69 Å². The number of benzene rings is 2. The lowest BCUT2D eigenvalue weighted by molar-refractivity contribution is -0.128. The quantitative estimate of drug-likeness (QED) is 0.476. The fourth-order valence-corrected chi connectivity index (χ4v) is 5.88. The van der Waals surface area contributed by atoms with Crippen molar-refractivity contribution in [1.82, 2.24) is 20.1 Å². The van der Waals surface area contributed by atoms with Crippen molar-refractivity contribution in [3.05, 3.63) is 86.3 Å². The van der Waals surface area contributed by atoms with Gasteiger partial charge in [0.15, 0.2) is 0 Å². The van der Waals surface area contributed by atoms with Crippen LogP contribution in [0.25, 0.3) is 0 Å². The number of hydrogen-bond acceptors (Lipinski definition) is 6. The Labute approximate surface area is 222 Å². The van der Waals surface area contributed by atoms with Gasteiger partial charge in [0.1, 0.15) is 5.69 Å². The molecule has 36 heavy (non-hydrogen) atoms. The van der Waals surface area contributed by atoms with Gasteiger partial charge in [-0.15, -0.1) is 11.3 Å². The van der Waals surface area contributed by atoms with E-state index >= 15 is 0 Å². The van der Waals surface area contributed by atoms with Gasteiger partial charge in [0.2, 0.25) is 0 Å². The second-order valence-electron chi connectivity index (χ2n) is 9.84. The summed E-state index contributed by atoms with van der Waals surface area (Å²) in [6.45, 7) is 8.34. The predicted molar refractivity (Wildman–Crippen MR) is 144 cm³/mol. The highest BCUT2D eigenvalue weighted by molar-refractivity contribution is 7.09. The van der Waals surface area contributed by atoms with E-state index in [-0.39, 0.29) is 11.5 Å². The smallest absolute Gasteiger partial charge is 0.273 e. The Bertz CT molecular complexity index is 1170. The van der Waals surface area contributed by atoms with Crippen molar-refractivity contribution >= 4 is 28.8 Å². The van der Waals surface area contributed by atoms with Crippen molar-refractivity contribution in [3.63, 3.8) is 0 Å². The lowest BCUT2D eigenvalue weighted by atomic mass is 9.89. The SMILES string of the molecule is Cc1nc(C(=O)N2CCOC3(CCN(Cc4ccc(CNCc5cccc(Cl)c5)cc4)CC3)C2)cs1. The van der Waals surface area contributed by atoms with Crippen molar-refractivity contribution in [2.75, 3.05) is 32.8 Å². The third kappa shape index (κ3) is 6.33. The molecule has 0 atom stereocenters. The molecule has 1 aromatic heterocycles. The van der Waals surface area contributed by atoms with Crippen molar-refractivity contribution < 1.29 is 9.53 Å². The fraction of sp³-hybridized carbons (Fsp3) is 0.429. The van der Waals surface area contributed by atoms with Crippen LogP contribution in [-0.4, -0.2) is 59.1 Å². The second-order valence-corrected chi connectivity index (χ2v) is 11.3. The molecular weight excluding hydrogens is 492 g/mol. The number of morpholine rings is 1. The molecule has 190 valence electrons. The highest BCUT2D eigenvalue weighted by atomic mass is 35.5. The van der Waals surface area contributed by atoms with Crippen LogP contribution in [0, 0.1) is 6.92 Å². The number of halogens is 1. The highest BCUT2D eigenvalue weighted by Crippen LogP contribution is 2.31. The number of rotatable bonds is 7. The fourth-order valence-electron chi connectivity index (χ4n) is 5.08. The molecule has 1 N–H and O–H groups in total. The number of nitrogens with one attached hydrogen (secondary N) is 1. The Kier molecular flexibility index (Phi) is 8.03. The van der Waals surface area contributed by atoms with E-state index in [9.17, 15) is 4.79 Å². The van der Waals surface area contributed by atoms with Crippen LogP contribution in [0.15, 0.2) is 53.9 Å². The Morgan fingerprint density at radius 2 is 1.83 bits per heavy atom. The zero-order valence-electron chi connectivity index (χ0n) is 20.7. The van der Waals surface area contributed by atoms with Crippen molar-refractivity contribution in [2.45, 2.75) is 45.0 Å². The standard InChI is InChI=1S/C28H33ClN4O2S/c1-21-31-26(19-36-21)27(34)33-13-14-35-28(20-33)9-11-32(12-10-28)18-23-7-5-22(6-8-23)16-30-17-24-3-2-4-25(29)15-24/h2-8,15,19,30H,9-14,16-18,20H2,1H3. The van der Waals surface area contributed by atoms with Gasteiger partial charge in [-0.1, -0.05) is 48.0 Å². The number of hydrogen-bond donors (Lipinski definition) is 1. The second kappa shape index (κ2) is 11.4. The first-order valence-corrected chi connectivity index (χ1v) is 13.8. The molecule has 2 saturated heterocycles. The van der Waals surface area contributed by atoms with E-state index in [1.165, 1.54) is 28.0 Å². The molecule has 3 heterocycles. The first-order chi connectivity index (χ1) is 17.5. The minimum atomic E-state index is -0.228. The van der Waals surface area contributed by atoms with Crippen LogP contribution >= 0.6 is 22.9 Å². The minimum absolute atomic E-state index is 0.0339. The summed E-state index contributed by atoms with van der Waals surface area (Å²) in [5.74, 6) is 0.0339. The topological polar surface area (TPSA) is 57.7 Å². The number of likely N-dealkylation sites (tertiary alicyclic amines) is 1. The molecule has 2 aliphatic rings. The van der Waals surface area contributed by atoms with Crippen molar-refractivity contribution in [2.24, 2.45) is 0 Å². The third-order valence-corrected chi connectivity index (χ3v) is 8.13. The Hall–Kier alpha value is -2.29. The van der Waals surface area contributed by atoms with Crippen LogP contribution in [0.1, 0.15) is 45.0 Å². The summed E-state index contributed by atoms with van der Waals surface area (Å²) in [4.78, 5) is 21.7. The third-order valence-electron chi connectivity index (χ3n) is 7.12. The lowest BCUT2D eigenvalue weighted by Gasteiger charge is -2.47. The number of aromatic nitrogens is 1. The predicted octanol–water partition coefficient (Wildman–Crippen LogP) is 4.90. The molecule has 2 aromatic carbocycles. The number of carbonyl (C=O) groups excluding carboxylic acids is 1. The molecule has 3 aromatic rings. The zero-order chi connectivity index (χ0) is 25.0. The first kappa shape index (κ1) is 25.4. The van der Waals surface area contributed by atoms with E-state index in [0.717, 1.165) is 55.6 Å².